The van der Waals surface area contributed by atoms with Crippen LogP contribution in [0.15, 0.2) is 18.2 Å². The molecule has 0 fully saturated rings. The van der Waals surface area contributed by atoms with E-state index in [0.717, 1.165) is 11.3 Å². The van der Waals surface area contributed by atoms with Crippen LogP contribution in [0.5, 0.6) is 0 Å². The molecule has 1 rings (SSSR count). The van der Waals surface area contributed by atoms with Crippen molar-refractivity contribution < 1.29 is 5.11 Å². The number of anilines is 1. The van der Waals surface area contributed by atoms with Crippen LogP contribution in [-0.4, -0.2) is 16.5 Å². The van der Waals surface area contributed by atoms with Gasteiger partial charge in [0.25, 0.3) is 0 Å². The molecular weight excluding hydrogens is 230 g/mol. The summed E-state index contributed by atoms with van der Waals surface area (Å²) in [5.74, 6) is 0.801. The number of benzene rings is 1. The van der Waals surface area contributed by atoms with Gasteiger partial charge < -0.3 is 10.8 Å². The molecule has 84 valence electrons. The van der Waals surface area contributed by atoms with Crippen molar-refractivity contribution in [3.8, 4) is 0 Å². The number of hydrogen-bond donors (Lipinski definition) is 2. The van der Waals surface area contributed by atoms with Crippen LogP contribution in [-0.2, 0) is 5.75 Å². The highest BCUT2D eigenvalue weighted by Crippen LogP contribution is 2.25. The van der Waals surface area contributed by atoms with Crippen molar-refractivity contribution in [1.29, 1.82) is 0 Å². The first kappa shape index (κ1) is 12.7. The topological polar surface area (TPSA) is 46.2 Å². The van der Waals surface area contributed by atoms with Crippen LogP contribution in [0.3, 0.4) is 0 Å². The Balaban J connectivity index is 2.58. The first-order valence-electron chi connectivity index (χ1n) is 4.84. The lowest BCUT2D eigenvalue weighted by Gasteiger charge is -2.14. The van der Waals surface area contributed by atoms with E-state index in [4.69, 9.17) is 17.3 Å². The average Bonchev–Trinajstić information content (AvgIpc) is 2.15. The predicted molar refractivity (Wildman–Crippen MR) is 68.3 cm³/mol. The van der Waals surface area contributed by atoms with Gasteiger partial charge in [-0.3, -0.25) is 0 Å². The number of aliphatic hydroxyl groups excluding tert-OH is 1. The third-order valence-corrected chi connectivity index (χ3v) is 3.92. The molecule has 0 saturated heterocycles. The van der Waals surface area contributed by atoms with Crippen molar-refractivity contribution in [1.82, 2.24) is 0 Å². The molecule has 0 aliphatic rings. The Morgan fingerprint density at radius 2 is 2.13 bits per heavy atom. The van der Waals surface area contributed by atoms with E-state index < -0.39 is 0 Å². The Hall–Kier alpha value is -0.380. The number of nitrogens with two attached hydrogens (primary N) is 1. The van der Waals surface area contributed by atoms with E-state index in [9.17, 15) is 5.11 Å². The van der Waals surface area contributed by atoms with E-state index in [2.05, 4.69) is 0 Å². The zero-order valence-corrected chi connectivity index (χ0v) is 10.5. The molecule has 2 unspecified atom stereocenters. The molecule has 0 amide bonds. The fourth-order valence-electron chi connectivity index (χ4n) is 1.06. The van der Waals surface area contributed by atoms with Gasteiger partial charge in [0.05, 0.1) is 6.10 Å². The summed E-state index contributed by atoms with van der Waals surface area (Å²) in [6.45, 7) is 3.80. The summed E-state index contributed by atoms with van der Waals surface area (Å²) in [4.78, 5) is 0. The SMILES string of the molecule is CC(O)C(C)SCc1ccc(Cl)cc1N. The van der Waals surface area contributed by atoms with Gasteiger partial charge in [-0.15, -0.1) is 0 Å². The largest absolute Gasteiger partial charge is 0.398 e. The molecule has 2 atom stereocenters. The van der Waals surface area contributed by atoms with Gasteiger partial charge in [-0.05, 0) is 24.6 Å². The lowest BCUT2D eigenvalue weighted by atomic mass is 10.2. The monoisotopic (exact) mass is 245 g/mol. The van der Waals surface area contributed by atoms with Crippen molar-refractivity contribution in [2.45, 2.75) is 31.0 Å². The van der Waals surface area contributed by atoms with E-state index in [1.54, 1.807) is 24.8 Å². The Morgan fingerprint density at radius 3 is 2.67 bits per heavy atom. The minimum Gasteiger partial charge on any atom is -0.398 e. The number of rotatable bonds is 4. The maximum absolute atomic E-state index is 9.34. The van der Waals surface area contributed by atoms with E-state index in [0.29, 0.717) is 10.7 Å². The summed E-state index contributed by atoms with van der Waals surface area (Å²) >= 11 is 7.49. The van der Waals surface area contributed by atoms with Gasteiger partial charge in [-0.2, -0.15) is 11.8 Å². The van der Waals surface area contributed by atoms with Crippen LogP contribution in [0.1, 0.15) is 19.4 Å². The Morgan fingerprint density at radius 1 is 1.47 bits per heavy atom. The highest BCUT2D eigenvalue weighted by Gasteiger charge is 2.10. The highest BCUT2D eigenvalue weighted by atomic mass is 35.5. The fourth-order valence-corrected chi connectivity index (χ4v) is 2.22. The fraction of sp³-hybridized carbons (Fsp3) is 0.455. The lowest BCUT2D eigenvalue weighted by Crippen LogP contribution is -2.15. The number of halogens is 1. The number of aliphatic hydroxyl groups is 1. The van der Waals surface area contributed by atoms with Crippen LogP contribution in [0.25, 0.3) is 0 Å². The molecule has 0 radical (unpaired) electrons. The van der Waals surface area contributed by atoms with E-state index in [-0.39, 0.29) is 11.4 Å². The zero-order valence-electron chi connectivity index (χ0n) is 8.90. The van der Waals surface area contributed by atoms with Crippen molar-refractivity contribution in [3.63, 3.8) is 0 Å². The van der Waals surface area contributed by atoms with E-state index in [1.165, 1.54) is 0 Å². The number of nitrogen functional groups attached to an aromatic ring is 1. The summed E-state index contributed by atoms with van der Waals surface area (Å²) in [6, 6.07) is 5.52. The molecule has 2 nitrogen and oxygen atoms in total. The molecule has 0 aliphatic carbocycles. The summed E-state index contributed by atoms with van der Waals surface area (Å²) in [7, 11) is 0. The predicted octanol–water partition coefficient (Wildman–Crippen LogP) is 2.92. The maximum Gasteiger partial charge on any atom is 0.0628 e. The maximum atomic E-state index is 9.34. The van der Waals surface area contributed by atoms with Crippen LogP contribution >= 0.6 is 23.4 Å². The minimum atomic E-state index is -0.302. The Kier molecular flexibility index (Phi) is 4.77. The third-order valence-electron chi connectivity index (χ3n) is 2.29. The lowest BCUT2D eigenvalue weighted by molar-refractivity contribution is 0.196. The van der Waals surface area contributed by atoms with E-state index >= 15 is 0 Å². The van der Waals surface area contributed by atoms with Gasteiger partial charge in [0, 0.05) is 21.7 Å². The Bertz CT molecular complexity index is 330. The summed E-state index contributed by atoms with van der Waals surface area (Å²) in [5, 5.41) is 10.2. The summed E-state index contributed by atoms with van der Waals surface area (Å²) in [6.07, 6.45) is -0.302. The second kappa shape index (κ2) is 5.64. The molecule has 0 saturated carbocycles. The smallest absolute Gasteiger partial charge is 0.0628 e. The first-order valence-corrected chi connectivity index (χ1v) is 6.27. The van der Waals surface area contributed by atoms with Crippen molar-refractivity contribution in [2.75, 3.05) is 5.73 Å². The van der Waals surface area contributed by atoms with Crippen LogP contribution in [0.4, 0.5) is 5.69 Å². The molecule has 1 aromatic carbocycles. The molecule has 1 aromatic rings. The standard InChI is InChI=1S/C11H16ClNOS/c1-7(14)8(2)15-6-9-3-4-10(12)5-11(9)13/h3-5,7-8,14H,6,13H2,1-2H3. The summed E-state index contributed by atoms with van der Waals surface area (Å²) < 4.78 is 0. The molecular formula is C11H16ClNOS. The van der Waals surface area contributed by atoms with Gasteiger partial charge in [-0.25, -0.2) is 0 Å². The molecule has 0 spiro atoms. The second-order valence-corrected chi connectivity index (χ2v) is 5.40. The molecule has 15 heavy (non-hydrogen) atoms. The van der Waals surface area contributed by atoms with Gasteiger partial charge in [0.2, 0.25) is 0 Å². The van der Waals surface area contributed by atoms with Crippen molar-refractivity contribution >= 4 is 29.1 Å². The molecule has 0 aliphatic heterocycles. The first-order chi connectivity index (χ1) is 7.00. The normalized spacial score (nSPS) is 14.9. The van der Waals surface area contributed by atoms with Crippen LogP contribution in [0.2, 0.25) is 5.02 Å². The van der Waals surface area contributed by atoms with Crippen LogP contribution < -0.4 is 5.73 Å². The molecule has 4 heteroatoms. The van der Waals surface area contributed by atoms with Crippen molar-refractivity contribution in [3.05, 3.63) is 28.8 Å². The molecule has 3 N–H and O–H groups in total. The quantitative estimate of drug-likeness (QED) is 0.802. The highest BCUT2D eigenvalue weighted by molar-refractivity contribution is 7.99. The molecule has 0 aromatic heterocycles. The van der Waals surface area contributed by atoms with Crippen LogP contribution in [0, 0.1) is 0 Å². The minimum absolute atomic E-state index is 0.208. The van der Waals surface area contributed by atoms with Gasteiger partial charge in [-0.1, -0.05) is 24.6 Å². The van der Waals surface area contributed by atoms with E-state index in [1.807, 2.05) is 19.1 Å². The van der Waals surface area contributed by atoms with Gasteiger partial charge in [0.15, 0.2) is 0 Å². The second-order valence-electron chi connectivity index (χ2n) is 3.60. The average molecular weight is 246 g/mol. The van der Waals surface area contributed by atoms with Gasteiger partial charge in [0.1, 0.15) is 0 Å². The number of thioether (sulfide) groups is 1. The number of hydrogen-bond acceptors (Lipinski definition) is 3. The molecule has 0 heterocycles. The molecule has 0 bridgehead atoms. The van der Waals surface area contributed by atoms with Crippen molar-refractivity contribution in [2.24, 2.45) is 0 Å². The third kappa shape index (κ3) is 3.93. The van der Waals surface area contributed by atoms with Gasteiger partial charge >= 0.3 is 0 Å². The summed E-state index contributed by atoms with van der Waals surface area (Å²) in [5.41, 5.74) is 7.61. The Labute approximate surface area is 99.8 Å². The zero-order chi connectivity index (χ0) is 11.4.